The van der Waals surface area contributed by atoms with Gasteiger partial charge in [0.25, 0.3) is 0 Å². The van der Waals surface area contributed by atoms with Crippen molar-refractivity contribution in [2.75, 3.05) is 24.6 Å². The molecule has 0 N–H and O–H groups in total. The molecule has 1 fully saturated rings. The van der Waals surface area contributed by atoms with Crippen molar-refractivity contribution in [3.05, 3.63) is 42.5 Å². The fourth-order valence-corrected chi connectivity index (χ4v) is 3.35. The molecular formula is C18H20N4O3. The number of hydrogen-bond acceptors (Lipinski definition) is 6. The van der Waals surface area contributed by atoms with Crippen LogP contribution in [0.2, 0.25) is 0 Å². The first-order valence-corrected chi connectivity index (χ1v) is 8.54. The Hall–Kier alpha value is -2.83. The van der Waals surface area contributed by atoms with Crippen molar-refractivity contribution in [2.24, 2.45) is 0 Å². The molecule has 0 aromatic carbocycles. The van der Waals surface area contributed by atoms with Crippen molar-refractivity contribution in [3.63, 3.8) is 0 Å². The highest BCUT2D eigenvalue weighted by Crippen LogP contribution is 2.30. The summed E-state index contributed by atoms with van der Waals surface area (Å²) in [7, 11) is 0. The van der Waals surface area contributed by atoms with Crippen LogP contribution in [0.25, 0.3) is 11.0 Å². The van der Waals surface area contributed by atoms with Crippen molar-refractivity contribution in [3.8, 4) is 0 Å². The highest BCUT2D eigenvalue weighted by Gasteiger charge is 2.25. The Morgan fingerprint density at radius 2 is 2.36 bits per heavy atom. The lowest BCUT2D eigenvalue weighted by Gasteiger charge is -2.33. The third kappa shape index (κ3) is 2.97. The maximum atomic E-state index is 11.8. The van der Waals surface area contributed by atoms with Crippen LogP contribution in [0.5, 0.6) is 0 Å². The maximum Gasteiger partial charge on any atom is 0.341 e. The van der Waals surface area contributed by atoms with Gasteiger partial charge in [-0.05, 0) is 31.9 Å². The molecule has 25 heavy (non-hydrogen) atoms. The molecule has 1 aliphatic heterocycles. The zero-order valence-electron chi connectivity index (χ0n) is 14.1. The Balaban J connectivity index is 1.55. The molecule has 1 atom stereocenters. The molecule has 7 nitrogen and oxygen atoms in total. The molecule has 0 spiro atoms. The molecule has 0 aliphatic carbocycles. The van der Waals surface area contributed by atoms with Crippen LogP contribution >= 0.6 is 0 Å². The third-order valence-corrected chi connectivity index (χ3v) is 4.54. The Bertz CT molecular complexity index is 885. The minimum absolute atomic E-state index is 0.195. The van der Waals surface area contributed by atoms with E-state index in [1.54, 1.807) is 31.8 Å². The van der Waals surface area contributed by atoms with Gasteiger partial charge in [0.15, 0.2) is 0 Å². The van der Waals surface area contributed by atoms with E-state index in [-0.39, 0.29) is 12.0 Å². The Labute approximate surface area is 145 Å². The number of furan rings is 1. The van der Waals surface area contributed by atoms with E-state index in [1.807, 2.05) is 16.8 Å². The number of carbonyl (C=O) groups is 1. The number of pyridine rings is 1. The fraction of sp³-hybridized carbons (Fsp3) is 0.389. The lowest BCUT2D eigenvalue weighted by Crippen LogP contribution is -2.37. The Morgan fingerprint density at radius 3 is 3.24 bits per heavy atom. The minimum atomic E-state index is -0.328. The predicted octanol–water partition coefficient (Wildman–Crippen LogP) is 3.04. The third-order valence-electron chi connectivity index (χ3n) is 4.54. The molecule has 0 radical (unpaired) electrons. The van der Waals surface area contributed by atoms with Crippen molar-refractivity contribution >= 4 is 22.8 Å². The number of hydrogen-bond donors (Lipinski definition) is 0. The molecule has 1 unspecified atom stereocenters. The second kappa shape index (κ2) is 6.58. The van der Waals surface area contributed by atoms with Crippen molar-refractivity contribution in [1.82, 2.24) is 14.8 Å². The van der Waals surface area contributed by atoms with E-state index in [0.717, 1.165) is 42.7 Å². The predicted molar refractivity (Wildman–Crippen MR) is 92.7 cm³/mol. The van der Waals surface area contributed by atoms with Crippen LogP contribution in [0.4, 0.5) is 5.82 Å². The minimum Gasteiger partial charge on any atom is -0.464 e. The number of rotatable bonds is 4. The number of anilines is 1. The van der Waals surface area contributed by atoms with Gasteiger partial charge in [0.2, 0.25) is 0 Å². The molecular weight excluding hydrogens is 320 g/mol. The lowest BCUT2D eigenvalue weighted by atomic mass is 10.1. The van der Waals surface area contributed by atoms with Crippen LogP contribution in [0.1, 0.15) is 36.2 Å². The number of nitrogens with zero attached hydrogens (tertiary/aromatic N) is 4. The van der Waals surface area contributed by atoms with E-state index >= 15 is 0 Å². The number of carbonyl (C=O) groups excluding carboxylic acids is 1. The van der Waals surface area contributed by atoms with Gasteiger partial charge in [0.05, 0.1) is 36.1 Å². The van der Waals surface area contributed by atoms with Crippen LogP contribution in [0.15, 0.2) is 41.4 Å². The summed E-state index contributed by atoms with van der Waals surface area (Å²) < 4.78 is 12.4. The first kappa shape index (κ1) is 15.7. The highest BCUT2D eigenvalue weighted by molar-refractivity contribution is 5.89. The van der Waals surface area contributed by atoms with Crippen LogP contribution < -0.4 is 4.90 Å². The Kier molecular flexibility index (Phi) is 4.13. The normalized spacial score (nSPS) is 17.8. The summed E-state index contributed by atoms with van der Waals surface area (Å²) in [4.78, 5) is 18.6. The van der Waals surface area contributed by atoms with Gasteiger partial charge in [-0.3, -0.25) is 4.68 Å². The zero-order chi connectivity index (χ0) is 17.2. The molecule has 0 saturated carbocycles. The highest BCUT2D eigenvalue weighted by atomic mass is 16.5. The van der Waals surface area contributed by atoms with Gasteiger partial charge in [-0.2, -0.15) is 5.10 Å². The monoisotopic (exact) mass is 340 g/mol. The van der Waals surface area contributed by atoms with Gasteiger partial charge >= 0.3 is 5.97 Å². The molecule has 3 aromatic rings. The number of ether oxygens (including phenoxy) is 1. The first-order valence-electron chi connectivity index (χ1n) is 8.54. The fourth-order valence-electron chi connectivity index (χ4n) is 3.35. The van der Waals surface area contributed by atoms with E-state index < -0.39 is 0 Å². The average Bonchev–Trinajstić information content (AvgIpc) is 3.31. The maximum absolute atomic E-state index is 11.8. The molecule has 0 amide bonds. The summed E-state index contributed by atoms with van der Waals surface area (Å²) in [6.07, 6.45) is 8.87. The zero-order valence-corrected chi connectivity index (χ0v) is 14.1. The quantitative estimate of drug-likeness (QED) is 0.680. The van der Waals surface area contributed by atoms with Crippen LogP contribution in [0.3, 0.4) is 0 Å². The molecule has 0 bridgehead atoms. The SMILES string of the molecule is CCOC(=O)c1cnn(C2CCCN(c3nccc4occc34)C2)c1. The number of esters is 1. The van der Waals surface area contributed by atoms with E-state index in [1.165, 1.54) is 0 Å². The van der Waals surface area contributed by atoms with E-state index in [9.17, 15) is 4.79 Å². The van der Waals surface area contributed by atoms with Crippen LogP contribution in [0, 0.1) is 0 Å². The topological polar surface area (TPSA) is 73.4 Å². The lowest BCUT2D eigenvalue weighted by molar-refractivity contribution is 0.0526. The van der Waals surface area contributed by atoms with Crippen LogP contribution in [-0.2, 0) is 4.74 Å². The molecule has 3 aromatic heterocycles. The summed E-state index contributed by atoms with van der Waals surface area (Å²) in [5, 5.41) is 5.40. The molecule has 4 rings (SSSR count). The molecule has 1 saturated heterocycles. The van der Waals surface area contributed by atoms with Gasteiger partial charge < -0.3 is 14.1 Å². The average molecular weight is 340 g/mol. The number of piperidine rings is 1. The molecule has 130 valence electrons. The summed E-state index contributed by atoms with van der Waals surface area (Å²) in [5.41, 5.74) is 1.34. The number of aromatic nitrogens is 3. The van der Waals surface area contributed by atoms with E-state index in [0.29, 0.717) is 12.2 Å². The molecule has 1 aliphatic rings. The summed E-state index contributed by atoms with van der Waals surface area (Å²) in [5.74, 6) is 0.611. The molecule has 4 heterocycles. The van der Waals surface area contributed by atoms with Gasteiger partial charge in [0.1, 0.15) is 11.4 Å². The van der Waals surface area contributed by atoms with Gasteiger partial charge in [-0.15, -0.1) is 0 Å². The van der Waals surface area contributed by atoms with E-state index in [4.69, 9.17) is 9.15 Å². The second-order valence-corrected chi connectivity index (χ2v) is 6.14. The second-order valence-electron chi connectivity index (χ2n) is 6.14. The van der Waals surface area contributed by atoms with Crippen molar-refractivity contribution in [1.29, 1.82) is 0 Å². The van der Waals surface area contributed by atoms with Crippen molar-refractivity contribution < 1.29 is 13.9 Å². The smallest absolute Gasteiger partial charge is 0.341 e. The van der Waals surface area contributed by atoms with E-state index in [2.05, 4.69) is 15.0 Å². The Morgan fingerprint density at radius 1 is 1.44 bits per heavy atom. The first-order chi connectivity index (χ1) is 12.3. The summed E-state index contributed by atoms with van der Waals surface area (Å²) in [6.45, 7) is 3.90. The summed E-state index contributed by atoms with van der Waals surface area (Å²) >= 11 is 0. The van der Waals surface area contributed by atoms with Crippen LogP contribution in [-0.4, -0.2) is 40.4 Å². The van der Waals surface area contributed by atoms with Gasteiger partial charge in [-0.1, -0.05) is 0 Å². The largest absolute Gasteiger partial charge is 0.464 e. The van der Waals surface area contributed by atoms with Gasteiger partial charge in [0, 0.05) is 25.5 Å². The van der Waals surface area contributed by atoms with Gasteiger partial charge in [-0.25, -0.2) is 9.78 Å². The summed E-state index contributed by atoms with van der Waals surface area (Å²) in [6, 6.07) is 4.02. The number of fused-ring (bicyclic) bond motifs is 1. The standard InChI is InChI=1S/C18H20N4O3/c1-2-24-18(23)13-10-20-22(11-13)14-4-3-8-21(12-14)17-15-6-9-25-16(15)5-7-19-17/h5-7,9-11,14H,2-4,8,12H2,1H3. The van der Waals surface area contributed by atoms with Crippen molar-refractivity contribution in [2.45, 2.75) is 25.8 Å². The molecule has 7 heteroatoms.